The molecule has 0 aliphatic carbocycles. The van der Waals surface area contributed by atoms with Crippen molar-refractivity contribution in [1.82, 2.24) is 10.2 Å². The van der Waals surface area contributed by atoms with Crippen LogP contribution in [0.15, 0.2) is 5.51 Å². The molecule has 14 heavy (non-hydrogen) atoms. The van der Waals surface area contributed by atoms with E-state index in [-0.39, 0.29) is 0 Å². The third-order valence-electron chi connectivity index (χ3n) is 2.51. The second kappa shape index (κ2) is 4.70. The summed E-state index contributed by atoms with van der Waals surface area (Å²) < 4.78 is 5.60. The second-order valence-electron chi connectivity index (χ2n) is 3.51. The molecule has 0 radical (unpaired) electrons. The Morgan fingerprint density at radius 1 is 1.71 bits per heavy atom. The third kappa shape index (κ3) is 2.42. The highest BCUT2D eigenvalue weighted by Gasteiger charge is 2.21. The number of nitrogens with zero attached hydrogens (tertiary/aromatic N) is 2. The predicted molar refractivity (Wildman–Crippen MR) is 56.6 cm³/mol. The lowest BCUT2D eigenvalue weighted by molar-refractivity contribution is 0.00925. The Balaban J connectivity index is 1.86. The van der Waals surface area contributed by atoms with Crippen molar-refractivity contribution in [2.75, 3.05) is 11.9 Å². The zero-order valence-corrected chi connectivity index (χ0v) is 9.09. The van der Waals surface area contributed by atoms with Gasteiger partial charge < -0.3 is 10.1 Å². The monoisotopic (exact) mass is 213 g/mol. The fourth-order valence-electron chi connectivity index (χ4n) is 1.71. The molecular weight excluding hydrogens is 198 g/mol. The Morgan fingerprint density at radius 3 is 3.36 bits per heavy atom. The molecule has 0 aromatic carbocycles. The summed E-state index contributed by atoms with van der Waals surface area (Å²) >= 11 is 1.55. The van der Waals surface area contributed by atoms with Gasteiger partial charge in [0.05, 0.1) is 6.10 Å². The summed E-state index contributed by atoms with van der Waals surface area (Å²) in [6, 6.07) is 0.502. The van der Waals surface area contributed by atoms with Crippen molar-refractivity contribution >= 4 is 16.5 Å². The molecule has 0 saturated carbocycles. The number of aromatic nitrogens is 2. The van der Waals surface area contributed by atoms with Gasteiger partial charge >= 0.3 is 0 Å². The molecule has 0 bridgehead atoms. The maximum Gasteiger partial charge on any atom is 0.205 e. The normalized spacial score (nSPS) is 27.5. The summed E-state index contributed by atoms with van der Waals surface area (Å²) in [5.41, 5.74) is 1.75. The fraction of sp³-hybridized carbons (Fsp3) is 0.778. The number of ether oxygens (including phenoxy) is 1. The van der Waals surface area contributed by atoms with Crippen molar-refractivity contribution in [1.29, 1.82) is 0 Å². The first kappa shape index (κ1) is 9.86. The van der Waals surface area contributed by atoms with Crippen molar-refractivity contribution in [3.8, 4) is 0 Å². The van der Waals surface area contributed by atoms with Crippen LogP contribution in [-0.2, 0) is 4.74 Å². The highest BCUT2D eigenvalue weighted by atomic mass is 32.1. The van der Waals surface area contributed by atoms with Gasteiger partial charge in [0.15, 0.2) is 0 Å². The Morgan fingerprint density at radius 2 is 2.64 bits per heavy atom. The largest absolute Gasteiger partial charge is 0.378 e. The molecule has 1 aliphatic rings. The maximum absolute atomic E-state index is 5.60. The van der Waals surface area contributed by atoms with E-state index in [1.807, 2.05) is 0 Å². The SMILES string of the molecule is CCC1CC(Nc2nncs2)CCO1. The van der Waals surface area contributed by atoms with E-state index < -0.39 is 0 Å². The Hall–Kier alpha value is -0.680. The fourth-order valence-corrected chi connectivity index (χ4v) is 2.23. The maximum atomic E-state index is 5.60. The molecule has 2 unspecified atom stereocenters. The molecule has 2 rings (SSSR count). The van der Waals surface area contributed by atoms with Crippen molar-refractivity contribution in [2.45, 2.75) is 38.3 Å². The van der Waals surface area contributed by atoms with Crippen LogP contribution in [0.2, 0.25) is 0 Å². The molecule has 2 heterocycles. The van der Waals surface area contributed by atoms with E-state index >= 15 is 0 Å². The van der Waals surface area contributed by atoms with Crippen LogP contribution in [0.1, 0.15) is 26.2 Å². The van der Waals surface area contributed by atoms with E-state index in [0.29, 0.717) is 12.1 Å². The van der Waals surface area contributed by atoms with Crippen LogP contribution in [0.25, 0.3) is 0 Å². The van der Waals surface area contributed by atoms with Gasteiger partial charge in [-0.15, -0.1) is 10.2 Å². The van der Waals surface area contributed by atoms with Gasteiger partial charge in [0.2, 0.25) is 5.13 Å². The zero-order valence-electron chi connectivity index (χ0n) is 8.27. The zero-order chi connectivity index (χ0) is 9.80. The lowest BCUT2D eigenvalue weighted by Gasteiger charge is -2.29. The van der Waals surface area contributed by atoms with Crippen LogP contribution in [-0.4, -0.2) is 29.0 Å². The van der Waals surface area contributed by atoms with Gasteiger partial charge in [0, 0.05) is 12.6 Å². The summed E-state index contributed by atoms with van der Waals surface area (Å²) in [5, 5.41) is 12.1. The molecule has 5 heteroatoms. The molecule has 1 fully saturated rings. The first-order valence-electron chi connectivity index (χ1n) is 5.02. The number of nitrogens with one attached hydrogen (secondary N) is 1. The van der Waals surface area contributed by atoms with Crippen LogP contribution in [0, 0.1) is 0 Å². The van der Waals surface area contributed by atoms with Crippen molar-refractivity contribution < 1.29 is 4.74 Å². The van der Waals surface area contributed by atoms with Gasteiger partial charge in [-0.25, -0.2) is 0 Å². The minimum Gasteiger partial charge on any atom is -0.378 e. The molecule has 0 amide bonds. The van der Waals surface area contributed by atoms with Crippen LogP contribution in [0.3, 0.4) is 0 Å². The quantitative estimate of drug-likeness (QED) is 0.833. The average molecular weight is 213 g/mol. The molecule has 0 spiro atoms. The topological polar surface area (TPSA) is 47.0 Å². The highest BCUT2D eigenvalue weighted by Crippen LogP contribution is 2.20. The van der Waals surface area contributed by atoms with Crippen LogP contribution in [0.4, 0.5) is 5.13 Å². The number of anilines is 1. The van der Waals surface area contributed by atoms with Gasteiger partial charge in [0.1, 0.15) is 5.51 Å². The van der Waals surface area contributed by atoms with E-state index in [2.05, 4.69) is 22.4 Å². The van der Waals surface area contributed by atoms with Crippen LogP contribution >= 0.6 is 11.3 Å². The van der Waals surface area contributed by atoms with E-state index in [9.17, 15) is 0 Å². The lowest BCUT2D eigenvalue weighted by atomic mass is 10.0. The van der Waals surface area contributed by atoms with E-state index in [0.717, 1.165) is 31.0 Å². The van der Waals surface area contributed by atoms with Gasteiger partial charge in [-0.3, -0.25) is 0 Å². The summed E-state index contributed by atoms with van der Waals surface area (Å²) in [7, 11) is 0. The number of rotatable bonds is 3. The van der Waals surface area contributed by atoms with Crippen molar-refractivity contribution in [3.05, 3.63) is 5.51 Å². The van der Waals surface area contributed by atoms with Gasteiger partial charge in [0.25, 0.3) is 0 Å². The number of hydrogen-bond donors (Lipinski definition) is 1. The Labute approximate surface area is 87.7 Å². The first-order chi connectivity index (χ1) is 6.88. The lowest BCUT2D eigenvalue weighted by Crippen LogP contribution is -2.33. The molecule has 1 aliphatic heterocycles. The summed E-state index contributed by atoms with van der Waals surface area (Å²) in [5.74, 6) is 0. The van der Waals surface area contributed by atoms with E-state index in [1.54, 1.807) is 16.8 Å². The van der Waals surface area contributed by atoms with Crippen molar-refractivity contribution in [2.24, 2.45) is 0 Å². The molecule has 78 valence electrons. The Kier molecular flexibility index (Phi) is 3.31. The smallest absolute Gasteiger partial charge is 0.205 e. The van der Waals surface area contributed by atoms with Gasteiger partial charge in [-0.1, -0.05) is 18.3 Å². The molecule has 1 saturated heterocycles. The van der Waals surface area contributed by atoms with E-state index in [4.69, 9.17) is 4.74 Å². The molecule has 2 atom stereocenters. The van der Waals surface area contributed by atoms with Crippen LogP contribution < -0.4 is 5.32 Å². The molecule has 4 nitrogen and oxygen atoms in total. The molecule has 1 aromatic rings. The first-order valence-corrected chi connectivity index (χ1v) is 5.90. The molecule has 1 N–H and O–H groups in total. The average Bonchev–Trinajstić information content (AvgIpc) is 2.71. The standard InChI is InChI=1S/C9H15N3OS/c1-2-8-5-7(3-4-13-8)11-9-12-10-6-14-9/h6-8H,2-5H2,1H3,(H,11,12). The molecular formula is C9H15N3OS. The van der Waals surface area contributed by atoms with E-state index in [1.165, 1.54) is 0 Å². The van der Waals surface area contributed by atoms with Crippen molar-refractivity contribution in [3.63, 3.8) is 0 Å². The molecule has 1 aromatic heterocycles. The third-order valence-corrected chi connectivity index (χ3v) is 3.13. The Bertz CT molecular complexity index is 265. The summed E-state index contributed by atoms with van der Waals surface area (Å²) in [6.07, 6.45) is 3.65. The number of hydrogen-bond acceptors (Lipinski definition) is 5. The minimum atomic E-state index is 0.411. The van der Waals surface area contributed by atoms with Gasteiger partial charge in [-0.2, -0.15) is 0 Å². The summed E-state index contributed by atoms with van der Waals surface area (Å²) in [6.45, 7) is 3.02. The predicted octanol–water partition coefficient (Wildman–Crippen LogP) is 1.91. The van der Waals surface area contributed by atoms with Crippen LogP contribution in [0.5, 0.6) is 0 Å². The minimum absolute atomic E-state index is 0.411. The second-order valence-corrected chi connectivity index (χ2v) is 4.34. The highest BCUT2D eigenvalue weighted by molar-refractivity contribution is 7.13. The summed E-state index contributed by atoms with van der Waals surface area (Å²) in [4.78, 5) is 0. The van der Waals surface area contributed by atoms with Gasteiger partial charge in [-0.05, 0) is 19.3 Å².